The van der Waals surface area contributed by atoms with Crippen LogP contribution < -0.4 is 20.5 Å². The molecule has 0 saturated carbocycles. The summed E-state index contributed by atoms with van der Waals surface area (Å²) in [6.07, 6.45) is 0.00909. The number of hydrogen-bond acceptors (Lipinski definition) is 7. The molecule has 1 aliphatic heterocycles. The van der Waals surface area contributed by atoms with Gasteiger partial charge >= 0.3 is 0 Å². The summed E-state index contributed by atoms with van der Waals surface area (Å²) in [4.78, 5) is 39.9. The maximum Gasteiger partial charge on any atom is 0.269 e. The van der Waals surface area contributed by atoms with Crippen molar-refractivity contribution in [2.24, 2.45) is 0 Å². The van der Waals surface area contributed by atoms with Crippen LogP contribution in [0.2, 0.25) is 0 Å². The molecule has 3 aromatic carbocycles. The van der Waals surface area contributed by atoms with Crippen LogP contribution in [0.1, 0.15) is 22.3 Å². The van der Waals surface area contributed by atoms with Crippen molar-refractivity contribution in [3.8, 4) is 17.1 Å². The average molecular weight is 498 g/mol. The van der Waals surface area contributed by atoms with Crippen LogP contribution in [0.25, 0.3) is 11.4 Å². The molecule has 0 fully saturated rings. The number of hydrazine groups is 1. The first kappa shape index (κ1) is 23.7. The van der Waals surface area contributed by atoms with Gasteiger partial charge in [0, 0.05) is 24.1 Å². The van der Waals surface area contributed by atoms with E-state index in [4.69, 9.17) is 4.74 Å². The van der Waals surface area contributed by atoms with E-state index in [9.17, 15) is 14.4 Å². The van der Waals surface area contributed by atoms with Gasteiger partial charge in [-0.15, -0.1) is 10.2 Å². The molecule has 0 bridgehead atoms. The Hall–Kier alpha value is -5.06. The highest BCUT2D eigenvalue weighted by Crippen LogP contribution is 2.31. The second kappa shape index (κ2) is 10.7. The molecular weight excluding hydrogens is 474 g/mol. The third kappa shape index (κ3) is 5.61. The predicted molar refractivity (Wildman–Crippen MR) is 133 cm³/mol. The Labute approximate surface area is 212 Å². The van der Waals surface area contributed by atoms with E-state index in [1.54, 1.807) is 42.5 Å². The number of carbonyl (C=O) groups is 3. The Morgan fingerprint density at radius 1 is 0.919 bits per heavy atom. The zero-order chi connectivity index (χ0) is 25.6. The van der Waals surface area contributed by atoms with Gasteiger partial charge in [0.2, 0.25) is 11.7 Å². The molecule has 4 aromatic rings. The Morgan fingerprint density at radius 3 is 2.49 bits per heavy atom. The second-order valence-electron chi connectivity index (χ2n) is 8.26. The van der Waals surface area contributed by atoms with E-state index in [0.717, 1.165) is 11.1 Å². The summed E-state index contributed by atoms with van der Waals surface area (Å²) >= 11 is 0. The minimum atomic E-state index is -0.460. The third-order valence-corrected chi connectivity index (χ3v) is 5.71. The van der Waals surface area contributed by atoms with Crippen molar-refractivity contribution in [3.05, 3.63) is 90.0 Å². The Kier molecular flexibility index (Phi) is 6.84. The van der Waals surface area contributed by atoms with Gasteiger partial charge in [0.05, 0.1) is 12.2 Å². The molecule has 0 spiro atoms. The largest absolute Gasteiger partial charge is 0.482 e. The molecule has 0 aliphatic carbocycles. The molecule has 11 nitrogen and oxygen atoms in total. The number of hydrogen-bond donors (Lipinski definition) is 2. The lowest BCUT2D eigenvalue weighted by atomic mass is 10.1. The molecule has 186 valence electrons. The summed E-state index contributed by atoms with van der Waals surface area (Å²) in [7, 11) is 0. The van der Waals surface area contributed by atoms with Crippen molar-refractivity contribution < 1.29 is 19.1 Å². The number of anilines is 1. The van der Waals surface area contributed by atoms with E-state index in [1.165, 1.54) is 9.70 Å². The quantitative estimate of drug-likeness (QED) is 0.373. The van der Waals surface area contributed by atoms with Crippen molar-refractivity contribution in [1.29, 1.82) is 0 Å². The molecule has 3 amide bonds. The topological polar surface area (TPSA) is 131 Å². The van der Waals surface area contributed by atoms with Crippen molar-refractivity contribution in [3.63, 3.8) is 0 Å². The molecule has 5 rings (SSSR count). The fourth-order valence-corrected chi connectivity index (χ4v) is 3.81. The van der Waals surface area contributed by atoms with Crippen LogP contribution in [0.4, 0.5) is 5.69 Å². The van der Waals surface area contributed by atoms with E-state index in [1.807, 2.05) is 36.4 Å². The van der Waals surface area contributed by atoms with Gasteiger partial charge in [-0.1, -0.05) is 54.6 Å². The number of tetrazole rings is 1. The number of para-hydroxylation sites is 2. The Bertz CT molecular complexity index is 1420. The summed E-state index contributed by atoms with van der Waals surface area (Å²) in [5.74, 6) is 0.0178. The second-order valence-corrected chi connectivity index (χ2v) is 8.26. The standard InChI is InChI=1S/C26H23N7O4/c34-23(14-15-32-21-8-4-5-9-22(21)37-17-24(32)35)27-29-26(36)20-12-10-18(11-13-20)16-33-30-25(28-31-33)19-6-2-1-3-7-19/h1-13H,14-17H2,(H,27,34)(H,29,36). The number of fused-ring (bicyclic) bond motifs is 1. The SMILES string of the molecule is O=C(CCN1C(=O)COc2ccccc21)NNC(=O)c1ccc(Cn2nnc(-c3ccccc3)n2)cc1. The lowest BCUT2D eigenvalue weighted by molar-refractivity contribution is -0.122. The van der Waals surface area contributed by atoms with E-state index >= 15 is 0 Å². The summed E-state index contributed by atoms with van der Waals surface area (Å²) < 4.78 is 5.40. The van der Waals surface area contributed by atoms with Gasteiger partial charge < -0.3 is 9.64 Å². The van der Waals surface area contributed by atoms with E-state index in [2.05, 4.69) is 26.3 Å². The molecule has 2 heterocycles. The fourth-order valence-electron chi connectivity index (χ4n) is 3.81. The zero-order valence-electron chi connectivity index (χ0n) is 19.7. The van der Waals surface area contributed by atoms with Gasteiger partial charge in [0.1, 0.15) is 5.75 Å². The number of aromatic nitrogens is 4. The minimum Gasteiger partial charge on any atom is -0.482 e. The van der Waals surface area contributed by atoms with Crippen LogP contribution in [0, 0.1) is 0 Å². The Morgan fingerprint density at radius 2 is 1.68 bits per heavy atom. The van der Waals surface area contributed by atoms with Crippen LogP contribution >= 0.6 is 0 Å². The first-order valence-electron chi connectivity index (χ1n) is 11.6. The number of carbonyl (C=O) groups excluding carboxylic acids is 3. The molecule has 11 heteroatoms. The molecule has 0 unspecified atom stereocenters. The average Bonchev–Trinajstić information content (AvgIpc) is 3.40. The first-order valence-corrected chi connectivity index (χ1v) is 11.6. The summed E-state index contributed by atoms with van der Waals surface area (Å²) in [6, 6.07) is 23.6. The van der Waals surface area contributed by atoms with Crippen LogP contribution in [-0.2, 0) is 16.1 Å². The lowest BCUT2D eigenvalue weighted by Crippen LogP contribution is -2.44. The molecule has 0 saturated heterocycles. The van der Waals surface area contributed by atoms with Gasteiger partial charge in [0.15, 0.2) is 6.61 Å². The van der Waals surface area contributed by atoms with Crippen LogP contribution in [0.15, 0.2) is 78.9 Å². The third-order valence-electron chi connectivity index (χ3n) is 5.71. The van der Waals surface area contributed by atoms with Crippen LogP contribution in [0.5, 0.6) is 5.75 Å². The maximum atomic E-state index is 12.5. The minimum absolute atomic E-state index is 0.00909. The van der Waals surface area contributed by atoms with Gasteiger partial charge in [0.25, 0.3) is 11.8 Å². The van der Waals surface area contributed by atoms with E-state index in [0.29, 0.717) is 29.4 Å². The summed E-state index contributed by atoms with van der Waals surface area (Å²) in [5, 5.41) is 12.5. The molecule has 0 radical (unpaired) electrons. The Balaban J connectivity index is 1.10. The normalized spacial score (nSPS) is 12.4. The molecule has 37 heavy (non-hydrogen) atoms. The first-order chi connectivity index (χ1) is 18.1. The van der Waals surface area contributed by atoms with Gasteiger partial charge in [-0.05, 0) is 35.0 Å². The predicted octanol–water partition coefficient (Wildman–Crippen LogP) is 1.97. The maximum absolute atomic E-state index is 12.5. The number of rotatable bonds is 7. The number of nitrogens with one attached hydrogen (secondary N) is 2. The van der Waals surface area contributed by atoms with Crippen molar-refractivity contribution in [1.82, 2.24) is 31.1 Å². The van der Waals surface area contributed by atoms with Crippen LogP contribution in [-0.4, -0.2) is 51.1 Å². The van der Waals surface area contributed by atoms with Crippen molar-refractivity contribution >= 4 is 23.4 Å². The number of amides is 3. The lowest BCUT2D eigenvalue weighted by Gasteiger charge is -2.29. The molecular formula is C26H23N7O4. The number of ether oxygens (including phenoxy) is 1. The van der Waals surface area contributed by atoms with E-state index in [-0.39, 0.29) is 25.5 Å². The van der Waals surface area contributed by atoms with Gasteiger partial charge in [-0.3, -0.25) is 25.2 Å². The summed E-state index contributed by atoms with van der Waals surface area (Å²) in [5.41, 5.74) is 7.55. The highest BCUT2D eigenvalue weighted by Gasteiger charge is 2.25. The number of nitrogens with zero attached hydrogens (tertiary/aromatic N) is 5. The summed E-state index contributed by atoms with van der Waals surface area (Å²) in [6.45, 7) is 0.478. The monoisotopic (exact) mass is 497 g/mol. The van der Waals surface area contributed by atoms with Crippen molar-refractivity contribution in [2.75, 3.05) is 18.1 Å². The molecule has 1 aliphatic rings. The zero-order valence-corrected chi connectivity index (χ0v) is 19.7. The number of benzene rings is 3. The fraction of sp³-hybridized carbons (Fsp3) is 0.154. The molecule has 0 atom stereocenters. The van der Waals surface area contributed by atoms with Crippen LogP contribution in [0.3, 0.4) is 0 Å². The highest BCUT2D eigenvalue weighted by atomic mass is 16.5. The van der Waals surface area contributed by atoms with Gasteiger partial charge in [-0.25, -0.2) is 0 Å². The van der Waals surface area contributed by atoms with E-state index < -0.39 is 11.8 Å². The van der Waals surface area contributed by atoms with Gasteiger partial charge in [-0.2, -0.15) is 4.80 Å². The highest BCUT2D eigenvalue weighted by molar-refractivity contribution is 5.98. The molecule has 1 aromatic heterocycles. The van der Waals surface area contributed by atoms with Crippen molar-refractivity contribution in [2.45, 2.75) is 13.0 Å². The molecule has 2 N–H and O–H groups in total. The smallest absolute Gasteiger partial charge is 0.269 e.